The second-order valence-electron chi connectivity index (χ2n) is 6.66. The number of anilines is 1. The van der Waals surface area contributed by atoms with E-state index < -0.39 is 0 Å². The lowest BCUT2D eigenvalue weighted by Crippen LogP contribution is -2.38. The number of aromatic nitrogens is 3. The van der Waals surface area contributed by atoms with E-state index in [9.17, 15) is 4.79 Å². The van der Waals surface area contributed by atoms with Crippen molar-refractivity contribution in [1.82, 2.24) is 19.9 Å². The van der Waals surface area contributed by atoms with Crippen molar-refractivity contribution >= 4 is 11.7 Å². The van der Waals surface area contributed by atoms with E-state index in [0.717, 1.165) is 47.4 Å². The summed E-state index contributed by atoms with van der Waals surface area (Å²) in [5.41, 5.74) is 4.53. The van der Waals surface area contributed by atoms with Crippen molar-refractivity contribution in [3.8, 4) is 0 Å². The first kappa shape index (κ1) is 15.1. The quantitative estimate of drug-likeness (QED) is 0.847. The lowest BCUT2D eigenvalue weighted by Gasteiger charge is -2.33. The maximum absolute atomic E-state index is 12.9. The normalized spacial score (nSPS) is 16.1. The number of hydrogen-bond donors (Lipinski definition) is 0. The molecule has 0 spiro atoms. The predicted molar refractivity (Wildman–Crippen MR) is 90.9 cm³/mol. The van der Waals surface area contributed by atoms with Gasteiger partial charge < -0.3 is 9.80 Å². The second-order valence-corrected chi connectivity index (χ2v) is 6.66. The van der Waals surface area contributed by atoms with Crippen molar-refractivity contribution in [1.29, 1.82) is 0 Å². The molecular formula is C18H21N5O. The number of aryl methyl sites for hydroxylation is 3. The van der Waals surface area contributed by atoms with Gasteiger partial charge in [-0.25, -0.2) is 9.97 Å². The molecule has 6 nitrogen and oxygen atoms in total. The summed E-state index contributed by atoms with van der Waals surface area (Å²) in [5.74, 6) is 1.83. The highest BCUT2D eigenvalue weighted by atomic mass is 16.2. The van der Waals surface area contributed by atoms with Gasteiger partial charge in [-0.15, -0.1) is 0 Å². The Morgan fingerprint density at radius 3 is 2.33 bits per heavy atom. The number of carbonyl (C=O) groups excluding carboxylic acids is 1. The van der Waals surface area contributed by atoms with Gasteiger partial charge in [-0.2, -0.15) is 0 Å². The van der Waals surface area contributed by atoms with Crippen LogP contribution in [0.5, 0.6) is 0 Å². The first-order valence-corrected chi connectivity index (χ1v) is 8.37. The van der Waals surface area contributed by atoms with Gasteiger partial charge in [0.2, 0.25) is 0 Å². The van der Waals surface area contributed by atoms with E-state index in [-0.39, 0.29) is 5.91 Å². The van der Waals surface area contributed by atoms with Crippen molar-refractivity contribution in [2.45, 2.75) is 40.3 Å². The molecular weight excluding hydrogens is 302 g/mol. The van der Waals surface area contributed by atoms with Gasteiger partial charge in [-0.05, 0) is 39.3 Å². The van der Waals surface area contributed by atoms with Gasteiger partial charge in [0.25, 0.3) is 5.91 Å². The van der Waals surface area contributed by atoms with Crippen molar-refractivity contribution in [2.75, 3.05) is 18.0 Å². The number of amides is 1. The van der Waals surface area contributed by atoms with Gasteiger partial charge >= 0.3 is 0 Å². The Labute approximate surface area is 141 Å². The standard InChI is InChI=1S/C18H21N5O/c1-11-7-14(8-12(2)19-11)18(24)23-9-15-16(10-23)20-13(3)21-17(15)22-5-4-6-22/h7-8H,4-6,9-10H2,1-3H3. The zero-order valence-corrected chi connectivity index (χ0v) is 14.3. The molecule has 0 N–H and O–H groups in total. The first-order valence-electron chi connectivity index (χ1n) is 8.37. The minimum atomic E-state index is 0.0359. The van der Waals surface area contributed by atoms with Gasteiger partial charge in [0.1, 0.15) is 11.6 Å². The van der Waals surface area contributed by atoms with Crippen molar-refractivity contribution in [3.05, 3.63) is 46.2 Å². The fourth-order valence-corrected chi connectivity index (χ4v) is 3.43. The van der Waals surface area contributed by atoms with E-state index in [1.54, 1.807) is 0 Å². The second kappa shape index (κ2) is 5.54. The van der Waals surface area contributed by atoms with E-state index in [2.05, 4.69) is 19.9 Å². The largest absolute Gasteiger partial charge is 0.356 e. The minimum absolute atomic E-state index is 0.0359. The van der Waals surface area contributed by atoms with Crippen LogP contribution in [0.15, 0.2) is 12.1 Å². The summed E-state index contributed by atoms with van der Waals surface area (Å²) in [6, 6.07) is 3.71. The summed E-state index contributed by atoms with van der Waals surface area (Å²) in [5, 5.41) is 0. The highest BCUT2D eigenvalue weighted by molar-refractivity contribution is 5.94. The van der Waals surface area contributed by atoms with E-state index in [1.165, 1.54) is 6.42 Å². The van der Waals surface area contributed by atoms with Gasteiger partial charge in [0.15, 0.2) is 0 Å². The number of carbonyl (C=O) groups is 1. The fraction of sp³-hybridized carbons (Fsp3) is 0.444. The first-order chi connectivity index (χ1) is 11.5. The van der Waals surface area contributed by atoms with Crippen molar-refractivity contribution in [2.24, 2.45) is 0 Å². The third-order valence-corrected chi connectivity index (χ3v) is 4.64. The Morgan fingerprint density at radius 2 is 1.71 bits per heavy atom. The zero-order valence-electron chi connectivity index (χ0n) is 14.3. The molecule has 124 valence electrons. The molecule has 6 heteroatoms. The smallest absolute Gasteiger partial charge is 0.254 e. The van der Waals surface area contributed by atoms with Crippen LogP contribution in [0.25, 0.3) is 0 Å². The Balaban J connectivity index is 1.64. The van der Waals surface area contributed by atoms with Crippen LogP contribution in [0.2, 0.25) is 0 Å². The Hall–Kier alpha value is -2.50. The summed E-state index contributed by atoms with van der Waals surface area (Å²) in [7, 11) is 0. The summed E-state index contributed by atoms with van der Waals surface area (Å²) in [4.78, 5) is 30.6. The summed E-state index contributed by atoms with van der Waals surface area (Å²) in [6.45, 7) is 8.97. The van der Waals surface area contributed by atoms with Crippen LogP contribution < -0.4 is 4.90 Å². The number of fused-ring (bicyclic) bond motifs is 1. The van der Waals surface area contributed by atoms with E-state index in [0.29, 0.717) is 18.7 Å². The van der Waals surface area contributed by atoms with E-state index in [1.807, 2.05) is 37.8 Å². The molecule has 1 fully saturated rings. The van der Waals surface area contributed by atoms with Crippen molar-refractivity contribution in [3.63, 3.8) is 0 Å². The highest BCUT2D eigenvalue weighted by Gasteiger charge is 2.31. The van der Waals surface area contributed by atoms with Crippen molar-refractivity contribution < 1.29 is 4.79 Å². The average Bonchev–Trinajstić information content (AvgIpc) is 2.87. The topological polar surface area (TPSA) is 62.2 Å². The Morgan fingerprint density at radius 1 is 1.00 bits per heavy atom. The van der Waals surface area contributed by atoms with Crippen LogP contribution in [0.1, 0.15) is 45.2 Å². The fourth-order valence-electron chi connectivity index (χ4n) is 3.43. The number of rotatable bonds is 2. The highest BCUT2D eigenvalue weighted by Crippen LogP contribution is 2.32. The molecule has 2 aromatic rings. The molecule has 0 aromatic carbocycles. The third-order valence-electron chi connectivity index (χ3n) is 4.64. The number of pyridine rings is 1. The molecule has 1 amide bonds. The van der Waals surface area contributed by atoms with Crippen LogP contribution in [0.3, 0.4) is 0 Å². The molecule has 0 unspecified atom stereocenters. The molecule has 0 radical (unpaired) electrons. The molecule has 24 heavy (non-hydrogen) atoms. The van der Waals surface area contributed by atoms with Gasteiger partial charge in [-0.1, -0.05) is 0 Å². The van der Waals surface area contributed by atoms with Gasteiger partial charge in [0.05, 0.1) is 18.8 Å². The molecule has 0 bridgehead atoms. The molecule has 4 heterocycles. The molecule has 1 saturated heterocycles. The van der Waals surface area contributed by atoms with E-state index >= 15 is 0 Å². The number of nitrogens with zero attached hydrogens (tertiary/aromatic N) is 5. The Bertz CT molecular complexity index is 808. The van der Waals surface area contributed by atoms with Gasteiger partial charge in [0, 0.05) is 35.6 Å². The molecule has 0 aliphatic carbocycles. The molecule has 2 aliphatic heterocycles. The maximum atomic E-state index is 12.9. The van der Waals surface area contributed by atoms with Crippen LogP contribution in [-0.2, 0) is 13.1 Å². The monoisotopic (exact) mass is 323 g/mol. The molecule has 2 aromatic heterocycles. The molecule has 2 aliphatic rings. The van der Waals surface area contributed by atoms with Crippen LogP contribution in [-0.4, -0.2) is 38.8 Å². The van der Waals surface area contributed by atoms with Crippen LogP contribution in [0.4, 0.5) is 5.82 Å². The minimum Gasteiger partial charge on any atom is -0.356 e. The zero-order chi connectivity index (χ0) is 16.8. The molecule has 4 rings (SSSR count). The van der Waals surface area contributed by atoms with Crippen LogP contribution in [0, 0.1) is 20.8 Å². The lowest BCUT2D eigenvalue weighted by molar-refractivity contribution is 0.0750. The summed E-state index contributed by atoms with van der Waals surface area (Å²) >= 11 is 0. The predicted octanol–water partition coefficient (Wildman–Crippen LogP) is 2.16. The molecule has 0 saturated carbocycles. The van der Waals surface area contributed by atoms with E-state index in [4.69, 9.17) is 0 Å². The summed E-state index contributed by atoms with van der Waals surface area (Å²) < 4.78 is 0. The van der Waals surface area contributed by atoms with Crippen LogP contribution >= 0.6 is 0 Å². The number of hydrogen-bond acceptors (Lipinski definition) is 5. The summed E-state index contributed by atoms with van der Waals surface area (Å²) in [6.07, 6.45) is 1.20. The lowest BCUT2D eigenvalue weighted by atomic mass is 10.1. The Kier molecular flexibility index (Phi) is 3.48. The SMILES string of the molecule is Cc1cc(C(=O)N2Cc3nc(C)nc(N4CCC4)c3C2)cc(C)n1. The maximum Gasteiger partial charge on any atom is 0.254 e. The van der Waals surface area contributed by atoms with Gasteiger partial charge in [-0.3, -0.25) is 9.78 Å². The third kappa shape index (κ3) is 2.52. The average molecular weight is 323 g/mol. The molecule has 0 atom stereocenters.